The molecular formula is C17H27N5O2. The van der Waals surface area contributed by atoms with Crippen molar-refractivity contribution in [2.75, 3.05) is 19.6 Å². The van der Waals surface area contributed by atoms with Gasteiger partial charge in [0.05, 0.1) is 6.20 Å². The van der Waals surface area contributed by atoms with Crippen LogP contribution in [-0.4, -0.2) is 51.3 Å². The van der Waals surface area contributed by atoms with Crippen molar-refractivity contribution in [2.24, 2.45) is 5.41 Å². The normalized spacial score (nSPS) is 19.1. The Bertz CT molecular complexity index is 588. The minimum Gasteiger partial charge on any atom is -0.350 e. The lowest BCUT2D eigenvalue weighted by molar-refractivity contribution is -0.130. The van der Waals surface area contributed by atoms with Crippen molar-refractivity contribution in [3.05, 3.63) is 11.9 Å². The molecule has 1 saturated heterocycles. The average molecular weight is 333 g/mol. The van der Waals surface area contributed by atoms with E-state index in [9.17, 15) is 9.59 Å². The van der Waals surface area contributed by atoms with Gasteiger partial charge in [0.25, 0.3) is 5.91 Å². The molecule has 2 amide bonds. The molecule has 1 N–H and O–H groups in total. The van der Waals surface area contributed by atoms with Crippen molar-refractivity contribution in [1.82, 2.24) is 25.2 Å². The van der Waals surface area contributed by atoms with Crippen LogP contribution in [0.5, 0.6) is 0 Å². The monoisotopic (exact) mass is 333 g/mol. The highest BCUT2D eigenvalue weighted by atomic mass is 16.2. The van der Waals surface area contributed by atoms with E-state index < -0.39 is 0 Å². The van der Waals surface area contributed by atoms with E-state index in [1.165, 1.54) is 23.9 Å². The topological polar surface area (TPSA) is 80.1 Å². The highest BCUT2D eigenvalue weighted by molar-refractivity contribution is 5.91. The summed E-state index contributed by atoms with van der Waals surface area (Å²) in [4.78, 5) is 26.2. The molecule has 1 aliphatic heterocycles. The van der Waals surface area contributed by atoms with Crippen LogP contribution in [0.3, 0.4) is 0 Å². The van der Waals surface area contributed by atoms with Crippen molar-refractivity contribution in [1.29, 1.82) is 0 Å². The molecule has 0 atom stereocenters. The van der Waals surface area contributed by atoms with Gasteiger partial charge < -0.3 is 10.2 Å². The van der Waals surface area contributed by atoms with Gasteiger partial charge in [-0.15, -0.1) is 5.10 Å². The molecule has 1 aliphatic carbocycles. The maximum absolute atomic E-state index is 12.3. The van der Waals surface area contributed by atoms with Gasteiger partial charge in [-0.25, -0.2) is 4.68 Å². The van der Waals surface area contributed by atoms with Gasteiger partial charge >= 0.3 is 0 Å². The third kappa shape index (κ3) is 3.76. The van der Waals surface area contributed by atoms with Gasteiger partial charge in [-0.05, 0) is 37.5 Å². The van der Waals surface area contributed by atoms with E-state index in [1.807, 2.05) is 4.90 Å². The Morgan fingerprint density at radius 1 is 1.25 bits per heavy atom. The molecular weight excluding hydrogens is 306 g/mol. The first kappa shape index (κ1) is 16.9. The second kappa shape index (κ2) is 7.32. The molecule has 0 radical (unpaired) electrons. The number of likely N-dealkylation sites (tertiary alicyclic amines) is 1. The van der Waals surface area contributed by atoms with Gasteiger partial charge in [0.15, 0.2) is 5.69 Å². The maximum atomic E-state index is 12.3. The molecule has 0 unspecified atom stereocenters. The average Bonchev–Trinajstić information content (AvgIpc) is 3.20. The molecule has 132 valence electrons. The number of aromatic nitrogens is 3. The second-order valence-electron chi connectivity index (χ2n) is 7.18. The van der Waals surface area contributed by atoms with E-state index in [-0.39, 0.29) is 29.5 Å². The zero-order valence-electron chi connectivity index (χ0n) is 14.5. The molecule has 0 bridgehead atoms. The summed E-state index contributed by atoms with van der Waals surface area (Å²) in [6.45, 7) is 4.69. The summed E-state index contributed by atoms with van der Waals surface area (Å²) < 4.78 is 1.46. The van der Waals surface area contributed by atoms with Crippen molar-refractivity contribution in [3.8, 4) is 0 Å². The number of nitrogens with zero attached hydrogens (tertiary/aromatic N) is 4. The summed E-state index contributed by atoms with van der Waals surface area (Å²) >= 11 is 0. The molecule has 7 heteroatoms. The summed E-state index contributed by atoms with van der Waals surface area (Å²) in [5, 5.41) is 10.8. The molecule has 7 nitrogen and oxygen atoms in total. The summed E-state index contributed by atoms with van der Waals surface area (Å²) in [6, 6.07) is 0. The molecule has 2 heterocycles. The van der Waals surface area contributed by atoms with Crippen LogP contribution in [-0.2, 0) is 11.3 Å². The van der Waals surface area contributed by atoms with Crippen molar-refractivity contribution < 1.29 is 9.59 Å². The Kier molecular flexibility index (Phi) is 5.16. The van der Waals surface area contributed by atoms with Crippen LogP contribution in [0.4, 0.5) is 0 Å². The van der Waals surface area contributed by atoms with E-state index in [0.717, 1.165) is 38.8 Å². The lowest BCUT2D eigenvalue weighted by Crippen LogP contribution is -2.42. The molecule has 3 rings (SSSR count). The Balaban J connectivity index is 1.51. The summed E-state index contributed by atoms with van der Waals surface area (Å²) in [5.74, 6) is -0.155. The van der Waals surface area contributed by atoms with Gasteiger partial charge in [-0.2, -0.15) is 0 Å². The third-order valence-corrected chi connectivity index (χ3v) is 5.35. The molecule has 2 fully saturated rings. The minimum absolute atomic E-state index is 0.0423. The highest BCUT2D eigenvalue weighted by Crippen LogP contribution is 2.44. The van der Waals surface area contributed by atoms with Crippen molar-refractivity contribution >= 4 is 11.8 Å². The lowest BCUT2D eigenvalue weighted by atomic mass is 9.66. The molecule has 24 heavy (non-hydrogen) atoms. The maximum Gasteiger partial charge on any atom is 0.273 e. The fourth-order valence-corrected chi connectivity index (χ4v) is 3.77. The van der Waals surface area contributed by atoms with Crippen molar-refractivity contribution in [3.63, 3.8) is 0 Å². The summed E-state index contributed by atoms with van der Waals surface area (Å²) in [7, 11) is 0. The fourth-order valence-electron chi connectivity index (χ4n) is 3.77. The van der Waals surface area contributed by atoms with Crippen molar-refractivity contribution in [2.45, 2.75) is 58.4 Å². The van der Waals surface area contributed by atoms with Crippen LogP contribution in [0.25, 0.3) is 0 Å². The van der Waals surface area contributed by atoms with E-state index in [0.29, 0.717) is 6.54 Å². The van der Waals surface area contributed by atoms with Crippen LogP contribution in [0.2, 0.25) is 0 Å². The number of amides is 2. The molecule has 2 aliphatic rings. The number of hydrogen-bond donors (Lipinski definition) is 1. The minimum atomic E-state index is -0.197. The Morgan fingerprint density at radius 2 is 2.00 bits per heavy atom. The standard InChI is InChI=1S/C17H27N5O2/c1-2-6-17(7-5-8-17)13-18-16(24)14-11-22(20-19-14)12-15(23)21-9-3-4-10-21/h11H,2-10,12-13H2,1H3,(H,18,24). The number of rotatable bonds is 7. The van der Waals surface area contributed by atoms with Crippen LogP contribution in [0.1, 0.15) is 62.4 Å². The van der Waals surface area contributed by atoms with Gasteiger partial charge in [0.2, 0.25) is 5.91 Å². The first-order valence-electron chi connectivity index (χ1n) is 9.08. The summed E-state index contributed by atoms with van der Waals surface area (Å²) in [6.07, 6.45) is 9.64. The van der Waals surface area contributed by atoms with Crippen LogP contribution < -0.4 is 5.32 Å². The third-order valence-electron chi connectivity index (χ3n) is 5.35. The quantitative estimate of drug-likeness (QED) is 0.822. The number of hydrogen-bond acceptors (Lipinski definition) is 4. The highest BCUT2D eigenvalue weighted by Gasteiger charge is 2.36. The zero-order valence-corrected chi connectivity index (χ0v) is 14.5. The molecule has 1 saturated carbocycles. The molecule has 1 aromatic rings. The summed E-state index contributed by atoms with van der Waals surface area (Å²) in [5.41, 5.74) is 0.571. The second-order valence-corrected chi connectivity index (χ2v) is 7.18. The molecule has 1 aromatic heterocycles. The van der Waals surface area contributed by atoms with E-state index in [4.69, 9.17) is 0 Å². The van der Waals surface area contributed by atoms with E-state index >= 15 is 0 Å². The Labute approximate surface area is 142 Å². The largest absolute Gasteiger partial charge is 0.350 e. The zero-order chi connectivity index (χ0) is 17.0. The predicted octanol–water partition coefficient (Wildman–Crippen LogP) is 1.60. The van der Waals surface area contributed by atoms with Gasteiger partial charge in [0.1, 0.15) is 6.54 Å². The SMILES string of the molecule is CCCC1(CNC(=O)c2cn(CC(=O)N3CCCC3)nn2)CCC1. The number of carbonyl (C=O) groups excluding carboxylic acids is 2. The van der Waals surface area contributed by atoms with Gasteiger partial charge in [-0.3, -0.25) is 9.59 Å². The Hall–Kier alpha value is -1.92. The van der Waals surface area contributed by atoms with Gasteiger partial charge in [-0.1, -0.05) is 25.0 Å². The predicted molar refractivity (Wildman–Crippen MR) is 89.4 cm³/mol. The first-order chi connectivity index (χ1) is 11.6. The number of nitrogens with one attached hydrogen (secondary N) is 1. The lowest BCUT2D eigenvalue weighted by Gasteiger charge is -2.42. The molecule has 0 aromatic carbocycles. The Morgan fingerprint density at radius 3 is 2.62 bits per heavy atom. The molecule has 0 spiro atoms. The van der Waals surface area contributed by atoms with E-state index in [1.54, 1.807) is 6.20 Å². The first-order valence-corrected chi connectivity index (χ1v) is 9.08. The van der Waals surface area contributed by atoms with Gasteiger partial charge in [0, 0.05) is 19.6 Å². The van der Waals surface area contributed by atoms with Crippen LogP contribution in [0.15, 0.2) is 6.20 Å². The van der Waals surface area contributed by atoms with Crippen LogP contribution in [0, 0.1) is 5.41 Å². The van der Waals surface area contributed by atoms with E-state index in [2.05, 4.69) is 22.6 Å². The fraction of sp³-hybridized carbons (Fsp3) is 0.765. The van der Waals surface area contributed by atoms with Crippen LogP contribution >= 0.6 is 0 Å². The smallest absolute Gasteiger partial charge is 0.273 e. The number of carbonyl (C=O) groups is 2.